The van der Waals surface area contributed by atoms with E-state index in [4.69, 9.17) is 5.73 Å². The second-order valence-corrected chi connectivity index (χ2v) is 5.63. The Kier molecular flexibility index (Phi) is 5.59. The zero-order chi connectivity index (χ0) is 13.5. The number of benzene rings is 1. The molecule has 19 heavy (non-hydrogen) atoms. The molecule has 2 nitrogen and oxygen atoms in total. The average Bonchev–Trinajstić information content (AvgIpc) is 2.37. The average molecular weight is 259 g/mol. The van der Waals surface area contributed by atoms with Gasteiger partial charge in [0, 0.05) is 12.0 Å². The summed E-state index contributed by atoms with van der Waals surface area (Å²) in [4.78, 5) is 12.0. The SMILES string of the molecule is NCCCCCCC(=O)c1ccc(C2CCC2)cc1. The molecule has 0 amide bonds. The van der Waals surface area contributed by atoms with Gasteiger partial charge in [-0.1, -0.05) is 43.5 Å². The Morgan fingerprint density at radius 1 is 1.05 bits per heavy atom. The summed E-state index contributed by atoms with van der Waals surface area (Å²) in [5, 5.41) is 0. The molecule has 0 aliphatic heterocycles. The lowest BCUT2D eigenvalue weighted by Gasteiger charge is -2.25. The van der Waals surface area contributed by atoms with Gasteiger partial charge in [0.05, 0.1) is 0 Å². The van der Waals surface area contributed by atoms with E-state index in [9.17, 15) is 4.79 Å². The molecule has 0 aromatic heterocycles. The molecule has 0 heterocycles. The van der Waals surface area contributed by atoms with Crippen molar-refractivity contribution in [2.75, 3.05) is 6.54 Å². The number of nitrogens with two attached hydrogens (primary N) is 1. The van der Waals surface area contributed by atoms with Crippen LogP contribution in [0, 0.1) is 0 Å². The molecule has 0 saturated heterocycles. The van der Waals surface area contributed by atoms with Crippen LogP contribution < -0.4 is 5.73 Å². The summed E-state index contributed by atoms with van der Waals surface area (Å²) in [5.74, 6) is 1.04. The van der Waals surface area contributed by atoms with Crippen LogP contribution >= 0.6 is 0 Å². The molecule has 1 aromatic rings. The van der Waals surface area contributed by atoms with Crippen molar-refractivity contribution in [2.24, 2.45) is 5.73 Å². The van der Waals surface area contributed by atoms with E-state index in [2.05, 4.69) is 12.1 Å². The van der Waals surface area contributed by atoms with Gasteiger partial charge in [0.2, 0.25) is 0 Å². The summed E-state index contributed by atoms with van der Waals surface area (Å²) < 4.78 is 0. The van der Waals surface area contributed by atoms with Crippen LogP contribution in [0.25, 0.3) is 0 Å². The molecule has 0 atom stereocenters. The minimum Gasteiger partial charge on any atom is -0.330 e. The molecule has 0 spiro atoms. The van der Waals surface area contributed by atoms with E-state index >= 15 is 0 Å². The van der Waals surface area contributed by atoms with E-state index in [1.165, 1.54) is 24.8 Å². The number of ketones is 1. The van der Waals surface area contributed by atoms with Crippen molar-refractivity contribution in [2.45, 2.75) is 57.3 Å². The molecule has 0 unspecified atom stereocenters. The minimum absolute atomic E-state index is 0.285. The molecular weight excluding hydrogens is 234 g/mol. The first-order chi connectivity index (χ1) is 9.31. The lowest BCUT2D eigenvalue weighted by molar-refractivity contribution is 0.0979. The second kappa shape index (κ2) is 7.44. The number of carbonyl (C=O) groups excluding carboxylic acids is 1. The summed E-state index contributed by atoms with van der Waals surface area (Å²) in [5.41, 5.74) is 7.73. The maximum Gasteiger partial charge on any atom is 0.162 e. The Bertz CT molecular complexity index is 392. The largest absolute Gasteiger partial charge is 0.330 e. The Balaban J connectivity index is 1.75. The third-order valence-electron chi connectivity index (χ3n) is 4.17. The maximum atomic E-state index is 12.0. The van der Waals surface area contributed by atoms with E-state index < -0.39 is 0 Å². The molecule has 0 radical (unpaired) electrons. The van der Waals surface area contributed by atoms with Gasteiger partial charge in [0.1, 0.15) is 0 Å². The third kappa shape index (κ3) is 4.17. The Morgan fingerprint density at radius 3 is 2.32 bits per heavy atom. The summed E-state index contributed by atoms with van der Waals surface area (Å²) in [6.45, 7) is 0.760. The monoisotopic (exact) mass is 259 g/mol. The Labute approximate surface area is 116 Å². The van der Waals surface area contributed by atoms with Crippen molar-refractivity contribution in [1.29, 1.82) is 0 Å². The van der Waals surface area contributed by atoms with Gasteiger partial charge in [0.25, 0.3) is 0 Å². The van der Waals surface area contributed by atoms with Gasteiger partial charge in [-0.2, -0.15) is 0 Å². The molecule has 2 heteroatoms. The van der Waals surface area contributed by atoms with Crippen LogP contribution in [-0.4, -0.2) is 12.3 Å². The van der Waals surface area contributed by atoms with Gasteiger partial charge in [-0.25, -0.2) is 0 Å². The summed E-state index contributed by atoms with van der Waals surface area (Å²) in [6, 6.07) is 8.31. The van der Waals surface area contributed by atoms with Gasteiger partial charge in [-0.05, 0) is 43.7 Å². The van der Waals surface area contributed by atoms with Gasteiger partial charge < -0.3 is 5.73 Å². The zero-order valence-corrected chi connectivity index (χ0v) is 11.7. The predicted octanol–water partition coefficient (Wildman–Crippen LogP) is 4.05. The molecule has 2 N–H and O–H groups in total. The van der Waals surface area contributed by atoms with Crippen molar-refractivity contribution in [3.63, 3.8) is 0 Å². The first-order valence-corrected chi connectivity index (χ1v) is 7.64. The first-order valence-electron chi connectivity index (χ1n) is 7.64. The highest BCUT2D eigenvalue weighted by Gasteiger charge is 2.19. The van der Waals surface area contributed by atoms with E-state index in [1.807, 2.05) is 12.1 Å². The van der Waals surface area contributed by atoms with Crippen LogP contribution in [0.1, 0.15) is 73.2 Å². The summed E-state index contributed by atoms with van der Waals surface area (Å²) in [6.07, 6.45) is 8.98. The number of hydrogen-bond acceptors (Lipinski definition) is 2. The molecule has 1 fully saturated rings. The second-order valence-electron chi connectivity index (χ2n) is 5.63. The highest BCUT2D eigenvalue weighted by atomic mass is 16.1. The molecule has 104 valence electrons. The van der Waals surface area contributed by atoms with Crippen molar-refractivity contribution < 1.29 is 4.79 Å². The van der Waals surface area contributed by atoms with Crippen LogP contribution in [0.2, 0.25) is 0 Å². The highest BCUT2D eigenvalue weighted by molar-refractivity contribution is 5.96. The van der Waals surface area contributed by atoms with Crippen molar-refractivity contribution in [3.05, 3.63) is 35.4 Å². The van der Waals surface area contributed by atoms with E-state index in [0.717, 1.165) is 43.7 Å². The predicted molar refractivity (Wildman–Crippen MR) is 79.5 cm³/mol. The molecule has 1 aliphatic rings. The van der Waals surface area contributed by atoms with Crippen LogP contribution in [0.5, 0.6) is 0 Å². The zero-order valence-electron chi connectivity index (χ0n) is 11.7. The lowest BCUT2D eigenvalue weighted by Crippen LogP contribution is -2.09. The van der Waals surface area contributed by atoms with Crippen molar-refractivity contribution >= 4 is 5.78 Å². The molecule has 0 bridgehead atoms. The molecule has 1 saturated carbocycles. The summed E-state index contributed by atoms with van der Waals surface area (Å²) >= 11 is 0. The van der Waals surface area contributed by atoms with Crippen LogP contribution in [-0.2, 0) is 0 Å². The van der Waals surface area contributed by atoms with Gasteiger partial charge in [-0.15, -0.1) is 0 Å². The van der Waals surface area contributed by atoms with Gasteiger partial charge >= 0.3 is 0 Å². The lowest BCUT2D eigenvalue weighted by atomic mass is 9.80. The van der Waals surface area contributed by atoms with E-state index in [-0.39, 0.29) is 5.78 Å². The molecule has 1 aromatic carbocycles. The van der Waals surface area contributed by atoms with E-state index in [0.29, 0.717) is 6.42 Å². The Morgan fingerprint density at radius 2 is 1.74 bits per heavy atom. The van der Waals surface area contributed by atoms with Gasteiger partial charge in [0.15, 0.2) is 5.78 Å². The standard InChI is InChI=1S/C17H25NO/c18-13-4-2-1-3-8-17(19)16-11-9-15(10-12-16)14-6-5-7-14/h9-12,14H,1-8,13,18H2. The fourth-order valence-corrected chi connectivity index (χ4v) is 2.61. The summed E-state index contributed by atoms with van der Waals surface area (Å²) in [7, 11) is 0. The van der Waals surface area contributed by atoms with Crippen molar-refractivity contribution in [1.82, 2.24) is 0 Å². The number of hydrogen-bond donors (Lipinski definition) is 1. The Hall–Kier alpha value is -1.15. The fraction of sp³-hybridized carbons (Fsp3) is 0.588. The first kappa shape index (κ1) is 14.3. The quantitative estimate of drug-likeness (QED) is 0.565. The third-order valence-corrected chi connectivity index (χ3v) is 4.17. The van der Waals surface area contributed by atoms with Crippen LogP contribution in [0.3, 0.4) is 0 Å². The molecule has 2 rings (SSSR count). The maximum absolute atomic E-state index is 12.0. The van der Waals surface area contributed by atoms with Crippen LogP contribution in [0.15, 0.2) is 24.3 Å². The van der Waals surface area contributed by atoms with Crippen LogP contribution in [0.4, 0.5) is 0 Å². The van der Waals surface area contributed by atoms with E-state index in [1.54, 1.807) is 0 Å². The normalized spacial score (nSPS) is 15.2. The highest BCUT2D eigenvalue weighted by Crippen LogP contribution is 2.36. The van der Waals surface area contributed by atoms with Crippen molar-refractivity contribution in [3.8, 4) is 0 Å². The number of carbonyl (C=O) groups is 1. The number of unbranched alkanes of at least 4 members (excludes halogenated alkanes) is 3. The fourth-order valence-electron chi connectivity index (χ4n) is 2.61. The number of Topliss-reactive ketones (excluding diaryl/α,β-unsaturated/α-hetero) is 1. The smallest absolute Gasteiger partial charge is 0.162 e. The minimum atomic E-state index is 0.285. The number of rotatable bonds is 8. The molecule has 1 aliphatic carbocycles. The topological polar surface area (TPSA) is 43.1 Å². The molecular formula is C17H25NO. The van der Waals surface area contributed by atoms with Gasteiger partial charge in [-0.3, -0.25) is 4.79 Å².